The van der Waals surface area contributed by atoms with Gasteiger partial charge in [-0.05, 0) is 50.3 Å². The number of nitrogens with zero attached hydrogens (tertiary/aromatic N) is 3. The van der Waals surface area contributed by atoms with Crippen LogP contribution in [0.1, 0.15) is 42.7 Å². The summed E-state index contributed by atoms with van der Waals surface area (Å²) in [4.78, 5) is 32.9. The second kappa shape index (κ2) is 8.62. The number of hydrogen-bond donors (Lipinski definition) is 1. The van der Waals surface area contributed by atoms with Crippen LogP contribution in [-0.2, 0) is 24.2 Å². The maximum Gasteiger partial charge on any atom is 0.263 e. The van der Waals surface area contributed by atoms with Crippen LogP contribution in [0.4, 0.5) is 5.69 Å². The first kappa shape index (κ1) is 20.6. The molecular formula is C22H22N4O2S2. The lowest BCUT2D eigenvalue weighted by Gasteiger charge is -2.16. The van der Waals surface area contributed by atoms with Crippen molar-refractivity contribution in [1.82, 2.24) is 9.55 Å². The molecule has 0 aliphatic heterocycles. The lowest BCUT2D eigenvalue weighted by atomic mass is 10.2. The van der Waals surface area contributed by atoms with Gasteiger partial charge in [0.1, 0.15) is 10.9 Å². The van der Waals surface area contributed by atoms with Crippen LogP contribution >= 0.6 is 23.1 Å². The normalized spacial score (nSPS) is 13.8. The maximum absolute atomic E-state index is 13.3. The average molecular weight is 439 g/mol. The smallest absolute Gasteiger partial charge is 0.263 e. The average Bonchev–Trinajstić information content (AvgIpc) is 3.32. The minimum Gasteiger partial charge on any atom is -0.324 e. The zero-order chi connectivity index (χ0) is 21.3. The van der Waals surface area contributed by atoms with E-state index in [4.69, 9.17) is 4.98 Å². The van der Waals surface area contributed by atoms with Gasteiger partial charge in [0, 0.05) is 11.4 Å². The summed E-state index contributed by atoms with van der Waals surface area (Å²) in [6.45, 7) is 4.38. The minimum absolute atomic E-state index is 0.00573. The molecule has 0 spiro atoms. The lowest BCUT2D eigenvalue weighted by molar-refractivity contribution is -0.115. The molecule has 1 unspecified atom stereocenters. The Bertz CT molecular complexity index is 1220. The number of thiophene rings is 1. The molecular weight excluding hydrogens is 416 g/mol. The SMILES string of the molecule is CCCn1c(SC(C)C(=O)Nc2ccccc2C#N)nc2sc3c(c2c1=O)CCC3. The molecule has 1 aliphatic rings. The van der Waals surface area contributed by atoms with Crippen molar-refractivity contribution >= 4 is 44.9 Å². The number of aromatic nitrogens is 2. The van der Waals surface area contributed by atoms with Crippen LogP contribution in [0.2, 0.25) is 0 Å². The van der Waals surface area contributed by atoms with Crippen molar-refractivity contribution in [2.45, 2.75) is 56.5 Å². The van der Waals surface area contributed by atoms with Gasteiger partial charge < -0.3 is 5.32 Å². The standard InChI is InChI=1S/C22H22N4O2S2/c1-3-11-26-21(28)18-15-8-6-10-17(15)30-20(18)25-22(26)29-13(2)19(27)24-16-9-5-4-7-14(16)12-23/h4-5,7,9,13H,3,6,8,10-11H2,1-2H3,(H,24,27). The molecule has 1 aliphatic carbocycles. The van der Waals surface area contributed by atoms with Gasteiger partial charge in [-0.1, -0.05) is 30.8 Å². The molecule has 4 rings (SSSR count). The van der Waals surface area contributed by atoms with Gasteiger partial charge in [-0.3, -0.25) is 14.2 Å². The van der Waals surface area contributed by atoms with Gasteiger partial charge in [0.25, 0.3) is 5.56 Å². The molecule has 0 bridgehead atoms. The Morgan fingerprint density at radius 2 is 2.20 bits per heavy atom. The van der Waals surface area contributed by atoms with E-state index >= 15 is 0 Å². The quantitative estimate of drug-likeness (QED) is 0.457. The Morgan fingerprint density at radius 1 is 1.40 bits per heavy atom. The number of nitrogens with one attached hydrogen (secondary N) is 1. The number of para-hydroxylation sites is 1. The molecule has 1 N–H and O–H groups in total. The molecule has 30 heavy (non-hydrogen) atoms. The highest BCUT2D eigenvalue weighted by Crippen LogP contribution is 2.36. The van der Waals surface area contributed by atoms with Gasteiger partial charge in [0.2, 0.25) is 5.91 Å². The Hall–Kier alpha value is -2.63. The molecule has 0 fully saturated rings. The van der Waals surface area contributed by atoms with Gasteiger partial charge in [0.15, 0.2) is 5.16 Å². The van der Waals surface area contributed by atoms with Gasteiger partial charge in [-0.15, -0.1) is 11.3 Å². The highest BCUT2D eigenvalue weighted by Gasteiger charge is 2.25. The number of benzene rings is 1. The molecule has 8 heteroatoms. The minimum atomic E-state index is -0.476. The Balaban J connectivity index is 1.64. The molecule has 1 amide bonds. The van der Waals surface area contributed by atoms with Gasteiger partial charge in [-0.25, -0.2) is 4.98 Å². The van der Waals surface area contributed by atoms with Crippen molar-refractivity contribution in [2.75, 3.05) is 5.32 Å². The second-order valence-corrected chi connectivity index (χ2v) is 9.69. The number of rotatable bonds is 6. The molecule has 0 saturated carbocycles. The summed E-state index contributed by atoms with van der Waals surface area (Å²) in [5.41, 5.74) is 2.08. The molecule has 1 atom stereocenters. The predicted molar refractivity (Wildman–Crippen MR) is 121 cm³/mol. The Kier molecular flexibility index (Phi) is 5.93. The van der Waals surface area contributed by atoms with Crippen LogP contribution in [-0.4, -0.2) is 20.7 Å². The van der Waals surface area contributed by atoms with E-state index in [0.717, 1.165) is 35.9 Å². The number of fused-ring (bicyclic) bond motifs is 3. The molecule has 2 heterocycles. The monoisotopic (exact) mass is 438 g/mol. The Labute approximate surface area is 182 Å². The second-order valence-electron chi connectivity index (χ2n) is 7.30. The number of carbonyl (C=O) groups is 1. The highest BCUT2D eigenvalue weighted by atomic mass is 32.2. The van der Waals surface area contributed by atoms with Crippen molar-refractivity contribution in [2.24, 2.45) is 0 Å². The van der Waals surface area contributed by atoms with E-state index in [1.165, 1.54) is 22.2 Å². The van der Waals surface area contributed by atoms with Gasteiger partial charge in [0.05, 0.1) is 21.9 Å². The number of nitriles is 1. The van der Waals surface area contributed by atoms with Crippen LogP contribution in [0.5, 0.6) is 0 Å². The first-order valence-corrected chi connectivity index (χ1v) is 11.7. The molecule has 2 aromatic heterocycles. The number of carbonyl (C=O) groups excluding carboxylic acids is 1. The molecule has 0 saturated heterocycles. The molecule has 1 aromatic carbocycles. The highest BCUT2D eigenvalue weighted by molar-refractivity contribution is 8.00. The van der Waals surface area contributed by atoms with Gasteiger partial charge in [-0.2, -0.15) is 5.26 Å². The summed E-state index contributed by atoms with van der Waals surface area (Å²) < 4.78 is 1.71. The van der Waals surface area contributed by atoms with E-state index in [1.54, 1.807) is 47.1 Å². The number of aryl methyl sites for hydroxylation is 2. The topological polar surface area (TPSA) is 87.8 Å². The number of anilines is 1. The van der Waals surface area contributed by atoms with Gasteiger partial charge >= 0.3 is 0 Å². The summed E-state index contributed by atoms with van der Waals surface area (Å²) >= 11 is 2.89. The zero-order valence-corrected chi connectivity index (χ0v) is 18.5. The van der Waals surface area contributed by atoms with Crippen molar-refractivity contribution in [3.8, 4) is 6.07 Å². The van der Waals surface area contributed by atoms with Crippen LogP contribution in [0.3, 0.4) is 0 Å². The lowest BCUT2D eigenvalue weighted by Crippen LogP contribution is -2.27. The number of amides is 1. The zero-order valence-electron chi connectivity index (χ0n) is 16.9. The largest absolute Gasteiger partial charge is 0.324 e. The summed E-state index contributed by atoms with van der Waals surface area (Å²) in [6.07, 6.45) is 3.87. The summed E-state index contributed by atoms with van der Waals surface area (Å²) in [6, 6.07) is 8.99. The molecule has 154 valence electrons. The number of hydrogen-bond acceptors (Lipinski definition) is 6. The third-order valence-corrected chi connectivity index (χ3v) is 7.47. The van der Waals surface area contributed by atoms with E-state index in [-0.39, 0.29) is 11.5 Å². The first-order chi connectivity index (χ1) is 14.5. The third kappa shape index (κ3) is 3.75. The van der Waals surface area contributed by atoms with Crippen LogP contribution < -0.4 is 10.9 Å². The van der Waals surface area contributed by atoms with E-state index in [0.29, 0.717) is 23.0 Å². The summed E-state index contributed by atoms with van der Waals surface area (Å²) in [5, 5.41) is 12.9. The van der Waals surface area contributed by atoms with Crippen molar-refractivity contribution < 1.29 is 4.79 Å². The van der Waals surface area contributed by atoms with Crippen LogP contribution in [0.15, 0.2) is 34.2 Å². The Morgan fingerprint density at radius 3 is 2.97 bits per heavy atom. The van der Waals surface area contributed by atoms with Crippen molar-refractivity contribution in [1.29, 1.82) is 5.26 Å². The fourth-order valence-electron chi connectivity index (χ4n) is 3.70. The van der Waals surface area contributed by atoms with E-state index in [9.17, 15) is 14.9 Å². The number of thioether (sulfide) groups is 1. The molecule has 0 radical (unpaired) electrons. The summed E-state index contributed by atoms with van der Waals surface area (Å²) in [7, 11) is 0. The summed E-state index contributed by atoms with van der Waals surface area (Å²) in [5.74, 6) is -0.228. The predicted octanol–water partition coefficient (Wildman–Crippen LogP) is 4.35. The van der Waals surface area contributed by atoms with Crippen molar-refractivity contribution in [3.05, 3.63) is 50.6 Å². The fraction of sp³-hybridized carbons (Fsp3) is 0.364. The van der Waals surface area contributed by atoms with Crippen LogP contribution in [0.25, 0.3) is 10.2 Å². The first-order valence-electron chi connectivity index (χ1n) is 10.0. The fourth-order valence-corrected chi connectivity index (χ4v) is 5.94. The van der Waals surface area contributed by atoms with E-state index in [2.05, 4.69) is 11.4 Å². The maximum atomic E-state index is 13.3. The van der Waals surface area contributed by atoms with E-state index in [1.807, 2.05) is 6.92 Å². The van der Waals surface area contributed by atoms with E-state index < -0.39 is 5.25 Å². The third-order valence-electron chi connectivity index (χ3n) is 5.19. The van der Waals surface area contributed by atoms with Crippen LogP contribution in [0, 0.1) is 11.3 Å². The molecule has 3 aromatic rings. The molecule has 6 nitrogen and oxygen atoms in total. The van der Waals surface area contributed by atoms with Crippen molar-refractivity contribution in [3.63, 3.8) is 0 Å².